The van der Waals surface area contributed by atoms with Gasteiger partial charge in [-0.15, -0.1) is 0 Å². The van der Waals surface area contributed by atoms with Crippen LogP contribution >= 0.6 is 0 Å². The Bertz CT molecular complexity index is 1350. The van der Waals surface area contributed by atoms with Gasteiger partial charge >= 0.3 is 5.97 Å². The summed E-state index contributed by atoms with van der Waals surface area (Å²) in [6, 6.07) is -0.630. The summed E-state index contributed by atoms with van der Waals surface area (Å²) in [4.78, 5) is 24.6. The predicted molar refractivity (Wildman–Crippen MR) is 342 cm³/mol. The first kappa shape index (κ1) is 75.6. The second-order valence-corrected chi connectivity index (χ2v) is 23.5. The van der Waals surface area contributed by atoms with Crippen LogP contribution in [0.1, 0.15) is 361 Å². The minimum Gasteiger partial charge on any atom is -0.466 e. The van der Waals surface area contributed by atoms with E-state index in [1.165, 1.54) is 276 Å². The van der Waals surface area contributed by atoms with Crippen molar-refractivity contribution in [3.05, 3.63) is 60.8 Å². The summed E-state index contributed by atoms with van der Waals surface area (Å²) < 4.78 is 5.48. The van der Waals surface area contributed by atoms with Gasteiger partial charge in [-0.05, 0) is 96.3 Å². The maximum atomic E-state index is 12.5. The molecule has 3 N–H and O–H groups in total. The molecule has 0 rings (SSSR count). The normalized spacial score (nSPS) is 12.9. The number of rotatable bonds is 64. The lowest BCUT2D eigenvalue weighted by Crippen LogP contribution is -2.45. The summed E-state index contributed by atoms with van der Waals surface area (Å²) in [6.07, 6.45) is 88.6. The summed E-state index contributed by atoms with van der Waals surface area (Å²) in [7, 11) is 0. The number of hydrogen-bond acceptors (Lipinski definition) is 5. The molecule has 0 aliphatic carbocycles. The van der Waals surface area contributed by atoms with Crippen molar-refractivity contribution in [2.24, 2.45) is 0 Å². The first-order valence-electron chi connectivity index (χ1n) is 34.6. The topological polar surface area (TPSA) is 95.9 Å². The van der Waals surface area contributed by atoms with Crippen molar-refractivity contribution < 1.29 is 24.5 Å². The van der Waals surface area contributed by atoms with E-state index in [1.54, 1.807) is 6.08 Å². The van der Waals surface area contributed by atoms with Gasteiger partial charge in [0.1, 0.15) is 0 Å². The fraction of sp³-hybridized carbons (Fsp3) is 0.833. The maximum absolute atomic E-state index is 12.5. The number of nitrogens with one attached hydrogen (secondary N) is 1. The van der Waals surface area contributed by atoms with Crippen molar-refractivity contribution in [1.29, 1.82) is 0 Å². The number of aliphatic hydroxyl groups is 2. The molecule has 0 aromatic rings. The number of hydrogen-bond donors (Lipinski definition) is 3. The Morgan fingerprint density at radius 1 is 0.359 bits per heavy atom. The second kappa shape index (κ2) is 67.1. The smallest absolute Gasteiger partial charge is 0.305 e. The Labute approximate surface area is 486 Å². The fourth-order valence-electron chi connectivity index (χ4n) is 10.5. The largest absolute Gasteiger partial charge is 0.466 e. The third-order valence-electron chi connectivity index (χ3n) is 15.8. The number of allylic oxidation sites excluding steroid dienone is 9. The Morgan fingerprint density at radius 3 is 0.987 bits per heavy atom. The first-order valence-corrected chi connectivity index (χ1v) is 34.6. The highest BCUT2D eigenvalue weighted by Crippen LogP contribution is 2.17. The molecule has 6 heteroatoms. The Hall–Kier alpha value is -2.44. The SMILES string of the molecule is CCCCCC/C=C\C/C=C\CCCCCCCC(=O)OCCCCCCCCCCC/C=C\C/C=C\CCCCCCCCCCCCCCCC(=O)NC(CO)C(O)/C=C/CCCCCCCCCCCCCCCC. The van der Waals surface area contributed by atoms with Gasteiger partial charge in [0.15, 0.2) is 0 Å². The molecule has 2 atom stereocenters. The maximum Gasteiger partial charge on any atom is 0.305 e. The van der Waals surface area contributed by atoms with Crippen LogP contribution < -0.4 is 5.32 Å². The monoisotopic (exact) mass is 1090 g/mol. The van der Waals surface area contributed by atoms with Crippen LogP contribution in [-0.2, 0) is 14.3 Å². The second-order valence-electron chi connectivity index (χ2n) is 23.5. The van der Waals surface area contributed by atoms with Crippen LogP contribution in [0.15, 0.2) is 60.8 Å². The molecule has 0 radical (unpaired) electrons. The van der Waals surface area contributed by atoms with Crippen LogP contribution in [0.5, 0.6) is 0 Å². The summed E-state index contributed by atoms with van der Waals surface area (Å²) in [6.45, 7) is 4.89. The van der Waals surface area contributed by atoms with Gasteiger partial charge in [-0.1, -0.05) is 312 Å². The van der Waals surface area contributed by atoms with Crippen LogP contribution in [0.2, 0.25) is 0 Å². The summed E-state index contributed by atoms with van der Waals surface area (Å²) in [5.41, 5.74) is 0. The van der Waals surface area contributed by atoms with Crippen molar-refractivity contribution >= 4 is 11.9 Å². The van der Waals surface area contributed by atoms with E-state index in [2.05, 4.69) is 67.8 Å². The number of unbranched alkanes of at least 4 members (excludes halogenated alkanes) is 45. The molecule has 78 heavy (non-hydrogen) atoms. The fourth-order valence-corrected chi connectivity index (χ4v) is 10.5. The molecule has 2 unspecified atom stereocenters. The van der Waals surface area contributed by atoms with Crippen LogP contribution in [0.25, 0.3) is 0 Å². The average Bonchev–Trinajstić information content (AvgIpc) is 3.44. The predicted octanol–water partition coefficient (Wildman–Crippen LogP) is 22.3. The Kier molecular flexibility index (Phi) is 65.0. The standard InChI is InChI=1S/C72H133NO5/c1-3-5-7-9-11-13-15-17-19-36-40-44-48-52-56-60-64-70(75)69(68-74)73-71(76)65-61-57-53-49-45-41-37-34-32-30-28-26-24-22-21-23-25-27-29-31-33-35-39-43-47-51-55-59-63-67-78-72(77)66-62-58-54-50-46-42-38-20-18-16-14-12-10-8-6-4-2/h14,16,20-21,23,27,29,38,60,64,69-70,74-75H,3-13,15,17-19,22,24-26,28,30-37,39-59,61-63,65-68H2,1-2H3,(H,73,76)/b16-14-,23-21-,29-27-,38-20-,64-60+. The molecule has 456 valence electrons. The highest BCUT2D eigenvalue weighted by atomic mass is 16.5. The molecule has 0 fully saturated rings. The van der Waals surface area contributed by atoms with Gasteiger partial charge in [-0.3, -0.25) is 9.59 Å². The van der Waals surface area contributed by atoms with Gasteiger partial charge in [0.05, 0.1) is 25.4 Å². The zero-order valence-electron chi connectivity index (χ0n) is 52.1. The zero-order chi connectivity index (χ0) is 56.4. The molecule has 0 saturated carbocycles. The molecule has 0 bridgehead atoms. The van der Waals surface area contributed by atoms with E-state index >= 15 is 0 Å². The first-order chi connectivity index (χ1) is 38.5. The molecule has 0 aromatic heterocycles. The van der Waals surface area contributed by atoms with E-state index in [4.69, 9.17) is 4.74 Å². The van der Waals surface area contributed by atoms with Gasteiger partial charge in [-0.2, -0.15) is 0 Å². The molecule has 0 aliphatic heterocycles. The molecule has 0 aromatic carbocycles. The van der Waals surface area contributed by atoms with E-state index in [0.717, 1.165) is 57.8 Å². The third kappa shape index (κ3) is 62.8. The Balaban J connectivity index is 3.43. The van der Waals surface area contributed by atoms with Crippen LogP contribution in [0, 0.1) is 0 Å². The van der Waals surface area contributed by atoms with Crippen molar-refractivity contribution in [2.75, 3.05) is 13.2 Å². The number of carbonyl (C=O) groups excluding carboxylic acids is 2. The van der Waals surface area contributed by atoms with E-state index in [1.807, 2.05) is 6.08 Å². The summed E-state index contributed by atoms with van der Waals surface area (Å²) >= 11 is 0. The van der Waals surface area contributed by atoms with Crippen molar-refractivity contribution in [1.82, 2.24) is 5.32 Å². The number of ether oxygens (including phenoxy) is 1. The highest BCUT2D eigenvalue weighted by molar-refractivity contribution is 5.76. The highest BCUT2D eigenvalue weighted by Gasteiger charge is 2.18. The van der Waals surface area contributed by atoms with Gasteiger partial charge in [0.2, 0.25) is 5.91 Å². The van der Waals surface area contributed by atoms with Crippen molar-refractivity contribution in [3.8, 4) is 0 Å². The molecule has 0 spiro atoms. The zero-order valence-corrected chi connectivity index (χ0v) is 52.1. The quantitative estimate of drug-likeness (QED) is 0.0320. The number of amides is 1. The van der Waals surface area contributed by atoms with Crippen molar-refractivity contribution in [2.45, 2.75) is 373 Å². The molecular formula is C72H133NO5. The molecule has 0 saturated heterocycles. The summed E-state index contributed by atoms with van der Waals surface area (Å²) in [5, 5.41) is 23.2. The lowest BCUT2D eigenvalue weighted by molar-refractivity contribution is -0.143. The van der Waals surface area contributed by atoms with Gasteiger partial charge in [0.25, 0.3) is 0 Å². The van der Waals surface area contributed by atoms with Crippen molar-refractivity contribution in [3.63, 3.8) is 0 Å². The van der Waals surface area contributed by atoms with E-state index in [-0.39, 0.29) is 18.5 Å². The number of esters is 1. The van der Waals surface area contributed by atoms with Crippen LogP contribution in [0.4, 0.5) is 0 Å². The molecular weight excluding hydrogens is 959 g/mol. The lowest BCUT2D eigenvalue weighted by Gasteiger charge is -2.20. The van der Waals surface area contributed by atoms with Gasteiger partial charge in [-0.25, -0.2) is 0 Å². The third-order valence-corrected chi connectivity index (χ3v) is 15.8. The molecule has 1 amide bonds. The van der Waals surface area contributed by atoms with Crippen LogP contribution in [-0.4, -0.2) is 47.4 Å². The minimum absolute atomic E-state index is 0.00206. The van der Waals surface area contributed by atoms with Crippen LogP contribution in [0.3, 0.4) is 0 Å². The molecule has 0 heterocycles. The molecule has 0 aliphatic rings. The minimum atomic E-state index is -0.846. The Morgan fingerprint density at radius 2 is 0.641 bits per heavy atom. The lowest BCUT2D eigenvalue weighted by atomic mass is 10.0. The van der Waals surface area contributed by atoms with Gasteiger partial charge < -0.3 is 20.3 Å². The summed E-state index contributed by atoms with van der Waals surface area (Å²) in [5.74, 6) is -0.0698. The van der Waals surface area contributed by atoms with Gasteiger partial charge in [0, 0.05) is 12.8 Å². The van der Waals surface area contributed by atoms with E-state index in [0.29, 0.717) is 19.4 Å². The molecule has 6 nitrogen and oxygen atoms in total. The average molecular weight is 1090 g/mol. The number of aliphatic hydroxyl groups excluding tert-OH is 2. The number of carbonyl (C=O) groups is 2. The van der Waals surface area contributed by atoms with E-state index in [9.17, 15) is 19.8 Å². The van der Waals surface area contributed by atoms with E-state index < -0.39 is 12.1 Å².